The van der Waals surface area contributed by atoms with Gasteiger partial charge in [-0.2, -0.15) is 4.98 Å². The number of ether oxygens (including phenoxy) is 2. The number of fused-ring (bicyclic) bond motifs is 3. The molecule has 3 N–H and O–H groups in total. The molecule has 0 spiro atoms. The number of amides is 4. The molecule has 2 aromatic rings. The summed E-state index contributed by atoms with van der Waals surface area (Å²) in [7, 11) is -3.97. The summed E-state index contributed by atoms with van der Waals surface area (Å²) in [5.41, 5.74) is -1.21. The zero-order chi connectivity index (χ0) is 35.2. The van der Waals surface area contributed by atoms with Crippen molar-refractivity contribution in [1.82, 2.24) is 25.2 Å². The molecular weight excluding hydrogens is 654 g/mol. The van der Waals surface area contributed by atoms with Gasteiger partial charge < -0.3 is 29.4 Å². The summed E-state index contributed by atoms with van der Waals surface area (Å²) in [6.07, 6.45) is 6.62. The molecule has 1 aromatic heterocycles. The van der Waals surface area contributed by atoms with E-state index in [4.69, 9.17) is 13.9 Å². The zero-order valence-electron chi connectivity index (χ0n) is 28.3. The van der Waals surface area contributed by atoms with Gasteiger partial charge in [-0.3, -0.25) is 19.1 Å². The van der Waals surface area contributed by atoms with Gasteiger partial charge in [-0.25, -0.2) is 13.2 Å². The number of carbonyl (C=O) groups is 4. The van der Waals surface area contributed by atoms with E-state index in [1.807, 2.05) is 18.2 Å². The highest BCUT2D eigenvalue weighted by Crippen LogP contribution is 2.47. The van der Waals surface area contributed by atoms with Crippen LogP contribution < -0.4 is 20.1 Å². The molecule has 2 aliphatic carbocycles. The van der Waals surface area contributed by atoms with Gasteiger partial charge in [0.15, 0.2) is 5.58 Å². The second kappa shape index (κ2) is 13.0. The fraction of sp³-hybridized carbons (Fsp3) is 0.618. The third-order valence-electron chi connectivity index (χ3n) is 9.71. The topological polar surface area (TPSA) is 186 Å². The van der Waals surface area contributed by atoms with Crippen LogP contribution >= 0.6 is 0 Å². The number of aromatic nitrogens is 1. The lowest BCUT2D eigenvalue weighted by atomic mass is 10.0. The molecule has 0 radical (unpaired) electrons. The zero-order valence-corrected chi connectivity index (χ0v) is 29.1. The van der Waals surface area contributed by atoms with Crippen LogP contribution in [0.2, 0.25) is 0 Å². The van der Waals surface area contributed by atoms with Gasteiger partial charge >= 0.3 is 12.2 Å². The number of nitrogens with one attached hydrogen (secondary N) is 3. The molecule has 3 fully saturated rings. The number of oxazole rings is 1. The quantitative estimate of drug-likeness (QED) is 0.377. The highest BCUT2D eigenvalue weighted by atomic mass is 32.2. The van der Waals surface area contributed by atoms with Gasteiger partial charge in [-0.15, -0.1) is 0 Å². The summed E-state index contributed by atoms with van der Waals surface area (Å²) in [5.74, 6) is -2.36. The Balaban J connectivity index is 1.29. The molecule has 15 heteroatoms. The molecule has 0 unspecified atom stereocenters. The number of rotatable bonds is 6. The molecule has 3 heterocycles. The SMILES string of the molecule is CC(C)(C)OC(=O)N[C@H]1CCCCC/C=C\[C@H]2C[C@@]2(C(=O)NS(=O)(=O)C2(C)CC2)NC(=O)[C@@H]2C[C@@H](Oc3nc4ccccc4o3)CN2C1=O. The Bertz CT molecular complexity index is 1730. The summed E-state index contributed by atoms with van der Waals surface area (Å²) in [6.45, 7) is 6.72. The standard InChI is InChI=1S/C34H45N5O9S/c1-32(2,3)48-30(43)35-24-14-9-7-5-6-8-12-21-19-34(21,29(42)38-49(44,45)33(4)16-17-33)37-27(40)25-18-22(20-39(25)28(24)41)46-31-36-23-13-10-11-15-26(23)47-31/h8,10-13,15,21-22,24-25H,5-7,9,14,16-20H2,1-4H3,(H,35,43)(H,37,40)(H,38,42)/b12-8-/t21-,22+,24-,25-,34+/m0/s1. The molecule has 2 saturated carbocycles. The second-order valence-electron chi connectivity index (χ2n) is 14.9. The second-order valence-corrected chi connectivity index (χ2v) is 17.0. The molecule has 4 amide bonds. The minimum atomic E-state index is -3.97. The van der Waals surface area contributed by atoms with Gasteiger partial charge in [0, 0.05) is 12.3 Å². The van der Waals surface area contributed by atoms with Crippen LogP contribution in [0.15, 0.2) is 40.8 Å². The molecule has 4 aliphatic rings. The van der Waals surface area contributed by atoms with Crippen molar-refractivity contribution in [2.75, 3.05) is 6.54 Å². The van der Waals surface area contributed by atoms with Crippen molar-refractivity contribution < 1.29 is 41.5 Å². The number of hydrogen-bond donors (Lipinski definition) is 3. The number of allylic oxidation sites excluding steroid dienone is 1. The van der Waals surface area contributed by atoms with Crippen molar-refractivity contribution in [1.29, 1.82) is 0 Å². The first kappa shape index (κ1) is 34.7. The van der Waals surface area contributed by atoms with Crippen molar-refractivity contribution >= 4 is 44.9 Å². The Kier molecular flexibility index (Phi) is 9.18. The van der Waals surface area contributed by atoms with E-state index in [1.54, 1.807) is 45.9 Å². The van der Waals surface area contributed by atoms with Crippen molar-refractivity contribution in [2.45, 2.75) is 120 Å². The van der Waals surface area contributed by atoms with Gasteiger partial charge in [0.25, 0.3) is 5.91 Å². The smallest absolute Gasteiger partial charge is 0.408 e. The number of hydrogen-bond acceptors (Lipinski definition) is 10. The van der Waals surface area contributed by atoms with E-state index in [-0.39, 0.29) is 25.5 Å². The number of carbonyl (C=O) groups excluding carboxylic acids is 4. The highest BCUT2D eigenvalue weighted by molar-refractivity contribution is 7.91. The van der Waals surface area contributed by atoms with Crippen LogP contribution in [-0.2, 0) is 29.1 Å². The third kappa shape index (κ3) is 7.55. The Morgan fingerprint density at radius 3 is 2.59 bits per heavy atom. The van der Waals surface area contributed by atoms with Crippen LogP contribution in [0.25, 0.3) is 11.1 Å². The molecular formula is C34H45N5O9S. The minimum Gasteiger partial charge on any atom is -0.445 e. The average Bonchev–Trinajstić information content (AvgIpc) is 3.82. The van der Waals surface area contributed by atoms with Gasteiger partial charge in [-0.1, -0.05) is 37.1 Å². The highest BCUT2D eigenvalue weighted by Gasteiger charge is 2.63. The van der Waals surface area contributed by atoms with Crippen molar-refractivity contribution in [3.05, 3.63) is 36.4 Å². The summed E-state index contributed by atoms with van der Waals surface area (Å²) >= 11 is 0. The fourth-order valence-corrected chi connectivity index (χ4v) is 7.75. The largest absolute Gasteiger partial charge is 0.445 e. The third-order valence-corrected chi connectivity index (χ3v) is 11.9. The Hall–Kier alpha value is -4.14. The van der Waals surface area contributed by atoms with E-state index >= 15 is 0 Å². The summed E-state index contributed by atoms with van der Waals surface area (Å²) in [4.78, 5) is 60.7. The van der Waals surface area contributed by atoms with Crippen molar-refractivity contribution in [3.63, 3.8) is 0 Å². The minimum absolute atomic E-state index is 0.0211. The lowest BCUT2D eigenvalue weighted by Crippen LogP contribution is -2.58. The van der Waals surface area contributed by atoms with Crippen molar-refractivity contribution in [2.24, 2.45) is 5.92 Å². The van der Waals surface area contributed by atoms with E-state index in [0.717, 1.165) is 12.8 Å². The van der Waals surface area contributed by atoms with Gasteiger partial charge in [0.1, 0.15) is 34.8 Å². The number of nitrogens with zero attached hydrogens (tertiary/aromatic N) is 2. The normalized spacial score (nSPS) is 29.3. The lowest BCUT2D eigenvalue weighted by molar-refractivity contribution is -0.141. The number of sulfonamides is 1. The average molecular weight is 700 g/mol. The first-order chi connectivity index (χ1) is 23.1. The molecule has 2 aliphatic heterocycles. The monoisotopic (exact) mass is 699 g/mol. The molecule has 266 valence electrons. The predicted molar refractivity (Wildman–Crippen MR) is 178 cm³/mol. The van der Waals surface area contributed by atoms with Crippen molar-refractivity contribution in [3.8, 4) is 6.08 Å². The van der Waals surface area contributed by atoms with E-state index in [9.17, 15) is 27.6 Å². The van der Waals surface area contributed by atoms with Crippen LogP contribution in [0.3, 0.4) is 0 Å². The van der Waals surface area contributed by atoms with E-state index in [2.05, 4.69) is 20.3 Å². The maximum absolute atomic E-state index is 14.3. The van der Waals surface area contributed by atoms with Crippen LogP contribution in [-0.4, -0.2) is 82.7 Å². The molecule has 6 rings (SSSR count). The van der Waals surface area contributed by atoms with Gasteiger partial charge in [-0.05, 0) is 78.4 Å². The maximum Gasteiger partial charge on any atom is 0.408 e. The summed E-state index contributed by atoms with van der Waals surface area (Å²) < 4.78 is 44.6. The molecule has 14 nitrogen and oxygen atoms in total. The van der Waals surface area contributed by atoms with Crippen LogP contribution in [0.4, 0.5) is 4.79 Å². The Labute approximate surface area is 285 Å². The lowest BCUT2D eigenvalue weighted by Gasteiger charge is -2.30. The van der Waals surface area contributed by atoms with Gasteiger partial charge in [0.05, 0.1) is 11.3 Å². The molecule has 0 bridgehead atoms. The molecule has 1 saturated heterocycles. The first-order valence-corrected chi connectivity index (χ1v) is 18.5. The molecule has 1 aromatic carbocycles. The molecule has 5 atom stereocenters. The number of benzene rings is 1. The van der Waals surface area contributed by atoms with E-state index < -0.39 is 73.8 Å². The molecule has 49 heavy (non-hydrogen) atoms. The van der Waals surface area contributed by atoms with Crippen LogP contribution in [0.1, 0.15) is 85.5 Å². The Morgan fingerprint density at radius 1 is 1.12 bits per heavy atom. The predicted octanol–water partition coefficient (Wildman–Crippen LogP) is 3.46. The van der Waals surface area contributed by atoms with E-state index in [1.165, 1.54) is 4.90 Å². The van der Waals surface area contributed by atoms with E-state index in [0.29, 0.717) is 43.2 Å². The Morgan fingerprint density at radius 2 is 1.88 bits per heavy atom. The van der Waals surface area contributed by atoms with Crippen LogP contribution in [0, 0.1) is 5.92 Å². The summed E-state index contributed by atoms with van der Waals surface area (Å²) in [5, 5.41) is 5.56. The summed E-state index contributed by atoms with van der Waals surface area (Å²) in [6, 6.07) is 5.01. The number of para-hydroxylation sites is 2. The van der Waals surface area contributed by atoms with Gasteiger partial charge in [0.2, 0.25) is 21.8 Å². The first-order valence-electron chi connectivity index (χ1n) is 17.0. The van der Waals surface area contributed by atoms with Crippen LogP contribution in [0.5, 0.6) is 6.08 Å². The fourth-order valence-electron chi connectivity index (χ4n) is 6.44. The maximum atomic E-state index is 14.3. The number of alkyl carbamates (subject to hydrolysis) is 1.